The molecule has 0 bridgehead atoms. The van der Waals surface area contributed by atoms with Crippen LogP contribution in [-0.4, -0.2) is 53.8 Å². The lowest BCUT2D eigenvalue weighted by Gasteiger charge is -2.37. The molecule has 1 heterocycles. The summed E-state index contributed by atoms with van der Waals surface area (Å²) in [7, 11) is -1.29. The topological polar surface area (TPSA) is 70.0 Å². The largest absolute Gasteiger partial charge is 0.466 e. The molecule has 2 N–H and O–H groups in total. The first-order valence-electron chi connectivity index (χ1n) is 6.74. The molecule has 0 amide bonds. The van der Waals surface area contributed by atoms with E-state index in [4.69, 9.17) is 4.74 Å². The van der Waals surface area contributed by atoms with Crippen LogP contribution in [0.4, 0.5) is 0 Å². The second-order valence-electron chi connectivity index (χ2n) is 5.08. The molecule has 2 atom stereocenters. The first-order valence-corrected chi connectivity index (χ1v) is 6.74. The minimum Gasteiger partial charge on any atom is -0.466 e. The third kappa shape index (κ3) is 3.97. The molecule has 0 radical (unpaired) electrons. The zero-order valence-electron chi connectivity index (χ0n) is 11.5. The molecule has 1 saturated heterocycles. The van der Waals surface area contributed by atoms with Gasteiger partial charge in [-0.3, -0.25) is 4.79 Å². The summed E-state index contributed by atoms with van der Waals surface area (Å²) in [4.78, 5) is 13.8. The number of carbonyl (C=O) groups is 1. The molecule has 0 aliphatic carbocycles. The number of piperidine rings is 1. The minimum absolute atomic E-state index is 0.00255. The molecule has 1 aliphatic rings. The second kappa shape index (κ2) is 7.11. The van der Waals surface area contributed by atoms with Gasteiger partial charge in [-0.1, -0.05) is 6.92 Å². The van der Waals surface area contributed by atoms with Gasteiger partial charge >= 0.3 is 13.1 Å². The summed E-state index contributed by atoms with van der Waals surface area (Å²) in [5, 5.41) is 18.4. The summed E-state index contributed by atoms with van der Waals surface area (Å²) in [6.07, 6.45) is 1.58. The van der Waals surface area contributed by atoms with Gasteiger partial charge in [0.1, 0.15) is 0 Å². The van der Waals surface area contributed by atoms with Gasteiger partial charge in [-0.25, -0.2) is 0 Å². The van der Waals surface area contributed by atoms with E-state index in [1.54, 1.807) is 0 Å². The Morgan fingerprint density at radius 3 is 2.39 bits per heavy atom. The standard InChI is InChI=1S/C12H24BNO4/c1-4-18-12(15)11-5-7-14(8-6-11)10(3)9(2)13(16)17/h9-11,16-17H,4-8H2,1-3H3/t9-,10?/m1/s1. The average molecular weight is 257 g/mol. The highest BCUT2D eigenvalue weighted by molar-refractivity contribution is 6.43. The molecule has 0 aromatic rings. The van der Waals surface area contributed by atoms with Gasteiger partial charge in [0.15, 0.2) is 0 Å². The maximum Gasteiger partial charge on any atom is 0.456 e. The fraction of sp³-hybridized carbons (Fsp3) is 0.917. The summed E-state index contributed by atoms with van der Waals surface area (Å²) in [6.45, 7) is 7.69. The monoisotopic (exact) mass is 257 g/mol. The zero-order valence-corrected chi connectivity index (χ0v) is 11.5. The van der Waals surface area contributed by atoms with Crippen LogP contribution in [0.1, 0.15) is 33.6 Å². The van der Waals surface area contributed by atoms with Gasteiger partial charge in [-0.2, -0.15) is 0 Å². The SMILES string of the molecule is CCOC(=O)C1CCN(C(C)[C@@H](C)B(O)O)CC1. The quantitative estimate of drug-likeness (QED) is 0.555. The third-order valence-electron chi connectivity index (χ3n) is 3.96. The molecular formula is C12H24BNO4. The summed E-state index contributed by atoms with van der Waals surface area (Å²) in [5.41, 5.74) is 0. The lowest BCUT2D eigenvalue weighted by molar-refractivity contribution is -0.149. The van der Waals surface area contributed by atoms with Crippen LogP contribution in [0.5, 0.6) is 0 Å². The van der Waals surface area contributed by atoms with Crippen molar-refractivity contribution in [2.75, 3.05) is 19.7 Å². The summed E-state index contributed by atoms with van der Waals surface area (Å²) < 4.78 is 5.03. The Kier molecular flexibility index (Phi) is 6.12. The fourth-order valence-electron chi connectivity index (χ4n) is 2.38. The van der Waals surface area contributed by atoms with E-state index in [1.807, 2.05) is 20.8 Å². The van der Waals surface area contributed by atoms with Crippen molar-refractivity contribution in [2.24, 2.45) is 5.92 Å². The van der Waals surface area contributed by atoms with E-state index < -0.39 is 7.12 Å². The third-order valence-corrected chi connectivity index (χ3v) is 3.96. The predicted molar refractivity (Wildman–Crippen MR) is 70.0 cm³/mol. The van der Waals surface area contributed by atoms with E-state index in [0.29, 0.717) is 6.61 Å². The van der Waals surface area contributed by atoms with Crippen molar-refractivity contribution in [3.63, 3.8) is 0 Å². The molecule has 18 heavy (non-hydrogen) atoms. The van der Waals surface area contributed by atoms with Crippen LogP contribution in [-0.2, 0) is 9.53 Å². The molecule has 104 valence electrons. The molecule has 0 aromatic heterocycles. The van der Waals surface area contributed by atoms with Gasteiger partial charge in [0.05, 0.1) is 12.5 Å². The number of ether oxygens (including phenoxy) is 1. The number of esters is 1. The smallest absolute Gasteiger partial charge is 0.456 e. The maximum absolute atomic E-state index is 11.6. The van der Waals surface area contributed by atoms with Crippen LogP contribution < -0.4 is 0 Å². The Labute approximate surface area is 109 Å². The molecule has 0 saturated carbocycles. The van der Waals surface area contributed by atoms with Crippen molar-refractivity contribution >= 4 is 13.1 Å². The summed E-state index contributed by atoms with van der Waals surface area (Å²) in [5.74, 6) is -0.285. The predicted octanol–water partition coefficient (Wildman–Crippen LogP) is 0.513. The van der Waals surface area contributed by atoms with E-state index >= 15 is 0 Å². The van der Waals surface area contributed by atoms with Crippen LogP contribution in [0.25, 0.3) is 0 Å². The highest BCUT2D eigenvalue weighted by atomic mass is 16.5. The lowest BCUT2D eigenvalue weighted by atomic mass is 9.69. The fourth-order valence-corrected chi connectivity index (χ4v) is 2.38. The van der Waals surface area contributed by atoms with Crippen LogP contribution in [0.15, 0.2) is 0 Å². The van der Waals surface area contributed by atoms with Crippen molar-refractivity contribution in [2.45, 2.75) is 45.5 Å². The Morgan fingerprint density at radius 2 is 1.94 bits per heavy atom. The highest BCUT2D eigenvalue weighted by Crippen LogP contribution is 2.25. The number of likely N-dealkylation sites (tertiary alicyclic amines) is 1. The van der Waals surface area contributed by atoms with Gasteiger partial charge in [-0.05, 0) is 39.8 Å². The molecule has 1 unspecified atom stereocenters. The van der Waals surface area contributed by atoms with Crippen molar-refractivity contribution in [1.82, 2.24) is 4.90 Å². The van der Waals surface area contributed by atoms with Gasteiger partial charge < -0.3 is 19.7 Å². The number of hydrogen-bond donors (Lipinski definition) is 2. The summed E-state index contributed by atoms with van der Waals surface area (Å²) >= 11 is 0. The highest BCUT2D eigenvalue weighted by Gasteiger charge is 2.33. The van der Waals surface area contributed by atoms with Crippen LogP contribution in [0.2, 0.25) is 5.82 Å². The molecule has 1 aliphatic heterocycles. The van der Waals surface area contributed by atoms with Crippen LogP contribution in [0.3, 0.4) is 0 Å². The molecule has 1 fully saturated rings. The molecule has 0 spiro atoms. The summed E-state index contributed by atoms with van der Waals surface area (Å²) in [6, 6.07) is 0.105. The first kappa shape index (κ1) is 15.5. The van der Waals surface area contributed by atoms with E-state index in [-0.39, 0.29) is 23.7 Å². The van der Waals surface area contributed by atoms with Gasteiger partial charge in [0.25, 0.3) is 0 Å². The van der Waals surface area contributed by atoms with Gasteiger partial charge in [0, 0.05) is 11.9 Å². The maximum atomic E-state index is 11.6. The van der Waals surface area contributed by atoms with Crippen molar-refractivity contribution in [1.29, 1.82) is 0 Å². The van der Waals surface area contributed by atoms with Crippen molar-refractivity contribution < 1.29 is 19.6 Å². The molecular weight excluding hydrogens is 233 g/mol. The van der Waals surface area contributed by atoms with E-state index in [1.165, 1.54) is 0 Å². The van der Waals surface area contributed by atoms with Crippen molar-refractivity contribution in [3.8, 4) is 0 Å². The second-order valence-corrected chi connectivity index (χ2v) is 5.08. The number of rotatable bonds is 5. The van der Waals surface area contributed by atoms with Crippen molar-refractivity contribution in [3.05, 3.63) is 0 Å². The molecule has 6 heteroatoms. The number of carbonyl (C=O) groups excluding carboxylic acids is 1. The lowest BCUT2D eigenvalue weighted by Crippen LogP contribution is -2.45. The van der Waals surface area contributed by atoms with E-state index in [2.05, 4.69) is 4.90 Å². The first-order chi connectivity index (χ1) is 8.47. The number of hydrogen-bond acceptors (Lipinski definition) is 5. The van der Waals surface area contributed by atoms with Crippen LogP contribution >= 0.6 is 0 Å². The zero-order chi connectivity index (χ0) is 13.7. The Bertz CT molecular complexity index is 267. The molecule has 1 rings (SSSR count). The minimum atomic E-state index is -1.29. The molecule has 5 nitrogen and oxygen atoms in total. The number of nitrogens with zero attached hydrogens (tertiary/aromatic N) is 1. The Morgan fingerprint density at radius 1 is 1.39 bits per heavy atom. The van der Waals surface area contributed by atoms with Gasteiger partial charge in [0.2, 0.25) is 0 Å². The average Bonchev–Trinajstić information content (AvgIpc) is 2.37. The van der Waals surface area contributed by atoms with Gasteiger partial charge in [-0.15, -0.1) is 0 Å². The van der Waals surface area contributed by atoms with E-state index in [9.17, 15) is 14.8 Å². The normalized spacial score (nSPS) is 21.4. The Hall–Kier alpha value is -0.585. The Balaban J connectivity index is 2.41. The molecule has 0 aromatic carbocycles. The van der Waals surface area contributed by atoms with Crippen LogP contribution in [0, 0.1) is 5.92 Å². The van der Waals surface area contributed by atoms with E-state index in [0.717, 1.165) is 25.9 Å².